The normalized spacial score (nSPS) is 18.3. The van der Waals surface area contributed by atoms with Crippen molar-refractivity contribution in [1.82, 2.24) is 5.32 Å². The number of benzene rings is 2. The van der Waals surface area contributed by atoms with Gasteiger partial charge >= 0.3 is 0 Å². The van der Waals surface area contributed by atoms with Crippen LogP contribution in [0.1, 0.15) is 42.9 Å². The fourth-order valence-electron chi connectivity index (χ4n) is 2.92. The van der Waals surface area contributed by atoms with Crippen LogP contribution in [0.15, 0.2) is 59.5 Å². The second kappa shape index (κ2) is 7.01. The Morgan fingerprint density at radius 2 is 1.91 bits per heavy atom. The zero-order valence-corrected chi connectivity index (χ0v) is 13.6. The first kappa shape index (κ1) is 15.2. The number of nitrogens with one attached hydrogen (secondary N) is 1. The number of thioether (sulfide) groups is 1. The van der Waals surface area contributed by atoms with Crippen molar-refractivity contribution in [2.75, 3.05) is 5.75 Å². The molecule has 2 aromatic carbocycles. The summed E-state index contributed by atoms with van der Waals surface area (Å²) in [6, 6.07) is 18.8. The molecule has 2 unspecified atom stereocenters. The topological polar surface area (TPSA) is 29.1 Å². The van der Waals surface area contributed by atoms with E-state index in [4.69, 9.17) is 0 Å². The van der Waals surface area contributed by atoms with Gasteiger partial charge in [0.15, 0.2) is 0 Å². The van der Waals surface area contributed by atoms with E-state index < -0.39 is 0 Å². The van der Waals surface area contributed by atoms with Crippen LogP contribution in [0.2, 0.25) is 0 Å². The molecule has 1 aliphatic heterocycles. The van der Waals surface area contributed by atoms with Crippen LogP contribution in [0.5, 0.6) is 0 Å². The van der Waals surface area contributed by atoms with Crippen LogP contribution < -0.4 is 5.32 Å². The van der Waals surface area contributed by atoms with E-state index in [1.165, 1.54) is 16.0 Å². The SMILES string of the molecule is CC(CC(=O)NC1CCSc2ccccc21)c1ccccc1. The molecular formula is C19H21NOS. The van der Waals surface area contributed by atoms with Crippen molar-refractivity contribution in [2.24, 2.45) is 0 Å². The van der Waals surface area contributed by atoms with Crippen molar-refractivity contribution in [3.05, 3.63) is 65.7 Å². The average Bonchev–Trinajstić information content (AvgIpc) is 2.56. The third-order valence-corrected chi connectivity index (χ3v) is 5.28. The van der Waals surface area contributed by atoms with Crippen molar-refractivity contribution < 1.29 is 4.79 Å². The molecule has 0 radical (unpaired) electrons. The van der Waals surface area contributed by atoms with Crippen molar-refractivity contribution in [2.45, 2.75) is 36.6 Å². The van der Waals surface area contributed by atoms with Crippen LogP contribution >= 0.6 is 11.8 Å². The van der Waals surface area contributed by atoms with Gasteiger partial charge in [-0.2, -0.15) is 0 Å². The van der Waals surface area contributed by atoms with Gasteiger partial charge in [-0.3, -0.25) is 4.79 Å². The Morgan fingerprint density at radius 1 is 1.18 bits per heavy atom. The van der Waals surface area contributed by atoms with Crippen molar-refractivity contribution in [3.63, 3.8) is 0 Å². The van der Waals surface area contributed by atoms with Gasteiger partial charge in [-0.25, -0.2) is 0 Å². The lowest BCUT2D eigenvalue weighted by Crippen LogP contribution is -2.31. The Kier molecular flexibility index (Phi) is 4.84. The monoisotopic (exact) mass is 311 g/mol. The molecule has 3 heteroatoms. The highest BCUT2D eigenvalue weighted by molar-refractivity contribution is 7.99. The number of hydrogen-bond donors (Lipinski definition) is 1. The Balaban J connectivity index is 1.63. The van der Waals surface area contributed by atoms with Crippen LogP contribution in [0.25, 0.3) is 0 Å². The highest BCUT2D eigenvalue weighted by Gasteiger charge is 2.22. The molecule has 0 saturated carbocycles. The molecule has 2 atom stereocenters. The van der Waals surface area contributed by atoms with E-state index in [0.717, 1.165) is 12.2 Å². The van der Waals surface area contributed by atoms with Crippen LogP contribution in [0.3, 0.4) is 0 Å². The summed E-state index contributed by atoms with van der Waals surface area (Å²) in [7, 11) is 0. The third kappa shape index (κ3) is 3.53. The second-order valence-electron chi connectivity index (χ2n) is 5.81. The molecule has 1 heterocycles. The van der Waals surface area contributed by atoms with Crippen LogP contribution in [0.4, 0.5) is 0 Å². The van der Waals surface area contributed by atoms with Gasteiger partial charge in [0.2, 0.25) is 5.91 Å². The highest BCUT2D eigenvalue weighted by Crippen LogP contribution is 2.36. The van der Waals surface area contributed by atoms with E-state index in [1.54, 1.807) is 0 Å². The summed E-state index contributed by atoms with van der Waals surface area (Å²) in [5.74, 6) is 1.45. The summed E-state index contributed by atoms with van der Waals surface area (Å²) in [6.07, 6.45) is 1.54. The minimum Gasteiger partial charge on any atom is -0.349 e. The molecule has 3 rings (SSSR count). The Bertz CT molecular complexity index is 641. The number of rotatable bonds is 4. The number of carbonyl (C=O) groups excluding carboxylic acids is 1. The molecule has 1 amide bonds. The van der Waals surface area contributed by atoms with Gasteiger partial charge in [0, 0.05) is 17.1 Å². The summed E-state index contributed by atoms with van der Waals surface area (Å²) in [5.41, 5.74) is 2.48. The summed E-state index contributed by atoms with van der Waals surface area (Å²) in [5, 5.41) is 3.22. The van der Waals surface area contributed by atoms with E-state index >= 15 is 0 Å². The molecule has 0 saturated heterocycles. The molecule has 1 aliphatic rings. The van der Waals surface area contributed by atoms with Gasteiger partial charge in [0.05, 0.1) is 6.04 Å². The molecule has 1 N–H and O–H groups in total. The van der Waals surface area contributed by atoms with E-state index in [2.05, 4.69) is 48.6 Å². The molecule has 0 aromatic heterocycles. The smallest absolute Gasteiger partial charge is 0.221 e. The Hall–Kier alpha value is -1.74. The standard InChI is InChI=1S/C19H21NOS/c1-14(15-7-3-2-4-8-15)13-19(21)20-17-11-12-22-18-10-6-5-9-16(17)18/h2-10,14,17H,11-13H2,1H3,(H,20,21). The maximum atomic E-state index is 12.4. The molecular weight excluding hydrogens is 290 g/mol. The van der Waals surface area contributed by atoms with Crippen molar-refractivity contribution >= 4 is 17.7 Å². The second-order valence-corrected chi connectivity index (χ2v) is 6.95. The fourth-order valence-corrected chi connectivity index (χ4v) is 4.05. The first-order valence-electron chi connectivity index (χ1n) is 7.80. The molecule has 0 spiro atoms. The lowest BCUT2D eigenvalue weighted by molar-refractivity contribution is -0.122. The molecule has 22 heavy (non-hydrogen) atoms. The molecule has 114 valence electrons. The summed E-state index contributed by atoms with van der Waals surface area (Å²) in [4.78, 5) is 13.7. The molecule has 0 aliphatic carbocycles. The molecule has 0 fully saturated rings. The van der Waals surface area contributed by atoms with E-state index in [9.17, 15) is 4.79 Å². The predicted octanol–water partition coefficient (Wildman–Crippen LogP) is 4.53. The minimum atomic E-state index is 0.142. The highest BCUT2D eigenvalue weighted by atomic mass is 32.2. The van der Waals surface area contributed by atoms with Gasteiger partial charge in [-0.15, -0.1) is 11.8 Å². The minimum absolute atomic E-state index is 0.142. The first-order valence-corrected chi connectivity index (χ1v) is 8.78. The predicted molar refractivity (Wildman–Crippen MR) is 92.1 cm³/mol. The third-order valence-electron chi connectivity index (χ3n) is 4.15. The van der Waals surface area contributed by atoms with Crippen LogP contribution in [-0.2, 0) is 4.79 Å². The van der Waals surface area contributed by atoms with Crippen LogP contribution in [0, 0.1) is 0 Å². The lowest BCUT2D eigenvalue weighted by atomic mass is 9.97. The summed E-state index contributed by atoms with van der Waals surface area (Å²) < 4.78 is 0. The molecule has 2 nitrogen and oxygen atoms in total. The quantitative estimate of drug-likeness (QED) is 0.898. The number of hydrogen-bond acceptors (Lipinski definition) is 2. The lowest BCUT2D eigenvalue weighted by Gasteiger charge is -2.26. The van der Waals surface area contributed by atoms with Gasteiger partial charge < -0.3 is 5.32 Å². The number of carbonyl (C=O) groups is 1. The molecule has 2 aromatic rings. The molecule has 0 bridgehead atoms. The maximum absolute atomic E-state index is 12.4. The van der Waals surface area contributed by atoms with E-state index in [0.29, 0.717) is 6.42 Å². The van der Waals surface area contributed by atoms with E-state index in [-0.39, 0.29) is 17.9 Å². The zero-order chi connectivity index (χ0) is 15.4. The summed E-state index contributed by atoms with van der Waals surface area (Å²) >= 11 is 1.88. The van der Waals surface area contributed by atoms with Gasteiger partial charge in [-0.05, 0) is 29.5 Å². The van der Waals surface area contributed by atoms with Gasteiger partial charge in [0.1, 0.15) is 0 Å². The van der Waals surface area contributed by atoms with Crippen molar-refractivity contribution in [1.29, 1.82) is 0 Å². The fraction of sp³-hybridized carbons (Fsp3) is 0.316. The average molecular weight is 311 g/mol. The van der Waals surface area contributed by atoms with E-state index in [1.807, 2.05) is 30.0 Å². The Morgan fingerprint density at radius 3 is 2.73 bits per heavy atom. The Labute approximate surface area is 136 Å². The van der Waals surface area contributed by atoms with Gasteiger partial charge in [0.25, 0.3) is 0 Å². The summed E-state index contributed by atoms with van der Waals surface area (Å²) in [6.45, 7) is 2.11. The first-order chi connectivity index (χ1) is 10.7. The zero-order valence-electron chi connectivity index (χ0n) is 12.8. The largest absolute Gasteiger partial charge is 0.349 e. The van der Waals surface area contributed by atoms with Crippen LogP contribution in [-0.4, -0.2) is 11.7 Å². The van der Waals surface area contributed by atoms with Gasteiger partial charge in [-0.1, -0.05) is 55.5 Å². The maximum Gasteiger partial charge on any atom is 0.221 e. The number of fused-ring (bicyclic) bond motifs is 1. The number of amides is 1. The van der Waals surface area contributed by atoms with Crippen molar-refractivity contribution in [3.8, 4) is 0 Å².